The smallest absolute Gasteiger partial charge is 0.172 e. The number of aryl methyl sites for hydroxylation is 3. The van der Waals surface area contributed by atoms with E-state index in [-0.39, 0.29) is 0 Å². The summed E-state index contributed by atoms with van der Waals surface area (Å²) in [4.78, 5) is 0. The summed E-state index contributed by atoms with van der Waals surface area (Å²) in [6.07, 6.45) is 7.99. The van der Waals surface area contributed by atoms with Gasteiger partial charge in [-0.05, 0) is 18.4 Å². The van der Waals surface area contributed by atoms with Crippen molar-refractivity contribution in [1.82, 2.24) is 0 Å². The molecule has 0 spiro atoms. The second-order valence-electron chi connectivity index (χ2n) is 3.44. The van der Waals surface area contributed by atoms with Crippen molar-refractivity contribution in [1.29, 1.82) is 0 Å². The topological polar surface area (TPSA) is 3.88 Å². The number of nitrogens with zero attached hydrogens (tertiary/aromatic N) is 1. The highest BCUT2D eigenvalue weighted by Crippen LogP contribution is 2.07. The Labute approximate surface area is 81.4 Å². The highest BCUT2D eigenvalue weighted by molar-refractivity contribution is 5.20. The number of pyridine rings is 1. The number of rotatable bonds is 4. The first kappa shape index (κ1) is 10.2. The second kappa shape index (κ2) is 5.00. The lowest BCUT2D eigenvalue weighted by molar-refractivity contribution is -0.697. The van der Waals surface area contributed by atoms with Crippen LogP contribution in [0.1, 0.15) is 38.3 Å². The third kappa shape index (κ3) is 2.55. The minimum Gasteiger partial charge on any atom is -0.205 e. The molecule has 72 valence electrons. The summed E-state index contributed by atoms with van der Waals surface area (Å²) >= 11 is 0. The molecule has 0 amide bonds. The zero-order chi connectivity index (χ0) is 9.68. The van der Waals surface area contributed by atoms with Gasteiger partial charge in [-0.2, -0.15) is 0 Å². The van der Waals surface area contributed by atoms with Gasteiger partial charge in [-0.3, -0.25) is 0 Å². The van der Waals surface area contributed by atoms with Crippen LogP contribution in [0.4, 0.5) is 0 Å². The van der Waals surface area contributed by atoms with E-state index in [1.807, 2.05) is 0 Å². The molecule has 0 saturated heterocycles. The fourth-order valence-corrected chi connectivity index (χ4v) is 1.68. The van der Waals surface area contributed by atoms with E-state index in [0.717, 1.165) is 19.4 Å². The molecule has 0 bridgehead atoms. The van der Waals surface area contributed by atoms with Crippen molar-refractivity contribution in [2.75, 3.05) is 0 Å². The van der Waals surface area contributed by atoms with Crippen LogP contribution in [0, 0.1) is 0 Å². The standard InChI is InChI=1S/C12H20N/c1-4-8-13-9-7-11(5-2)12(6-3)10-13/h7,9-10H,4-6,8H2,1-3H3/q+1. The molecule has 0 saturated carbocycles. The first-order valence-electron chi connectivity index (χ1n) is 5.32. The van der Waals surface area contributed by atoms with Crippen molar-refractivity contribution in [3.63, 3.8) is 0 Å². The Balaban J connectivity index is 2.91. The number of aromatic nitrogens is 1. The van der Waals surface area contributed by atoms with E-state index < -0.39 is 0 Å². The van der Waals surface area contributed by atoms with Gasteiger partial charge in [0.1, 0.15) is 6.54 Å². The molecule has 13 heavy (non-hydrogen) atoms. The van der Waals surface area contributed by atoms with Gasteiger partial charge in [-0.25, -0.2) is 4.57 Å². The lowest BCUT2D eigenvalue weighted by Gasteiger charge is -2.03. The molecule has 0 aliphatic rings. The minimum absolute atomic E-state index is 1.14. The molecule has 0 N–H and O–H groups in total. The van der Waals surface area contributed by atoms with Gasteiger partial charge in [0.05, 0.1) is 0 Å². The normalized spacial score (nSPS) is 10.4. The van der Waals surface area contributed by atoms with Gasteiger partial charge in [-0.15, -0.1) is 0 Å². The lowest BCUT2D eigenvalue weighted by atomic mass is 10.1. The molecule has 1 aromatic rings. The fraction of sp³-hybridized carbons (Fsp3) is 0.583. The predicted molar refractivity (Wildman–Crippen MR) is 55.7 cm³/mol. The maximum Gasteiger partial charge on any atom is 0.172 e. The van der Waals surface area contributed by atoms with Crippen LogP contribution in [-0.2, 0) is 19.4 Å². The predicted octanol–water partition coefficient (Wildman–Crippen LogP) is 2.51. The molecule has 0 aliphatic heterocycles. The Bertz CT molecular complexity index is 266. The molecule has 0 radical (unpaired) electrons. The SMILES string of the molecule is CCC[n+]1ccc(CC)c(CC)c1. The van der Waals surface area contributed by atoms with Crippen LogP contribution in [0.15, 0.2) is 18.5 Å². The maximum absolute atomic E-state index is 2.29. The van der Waals surface area contributed by atoms with Gasteiger partial charge in [0.2, 0.25) is 0 Å². The quantitative estimate of drug-likeness (QED) is 0.624. The van der Waals surface area contributed by atoms with Crippen LogP contribution >= 0.6 is 0 Å². The van der Waals surface area contributed by atoms with Crippen molar-refractivity contribution in [2.45, 2.75) is 46.6 Å². The summed E-state index contributed by atoms with van der Waals surface area (Å²) in [6.45, 7) is 7.80. The Hall–Kier alpha value is -0.850. The van der Waals surface area contributed by atoms with E-state index in [1.54, 1.807) is 0 Å². The van der Waals surface area contributed by atoms with Crippen molar-refractivity contribution in [3.8, 4) is 0 Å². The van der Waals surface area contributed by atoms with Crippen molar-refractivity contribution >= 4 is 0 Å². The molecule has 1 heteroatoms. The molecule has 0 aromatic carbocycles. The van der Waals surface area contributed by atoms with Crippen LogP contribution in [0.5, 0.6) is 0 Å². The molecule has 1 rings (SSSR count). The van der Waals surface area contributed by atoms with Crippen LogP contribution in [-0.4, -0.2) is 0 Å². The molecule has 1 heterocycles. The summed E-state index contributed by atoms with van der Waals surface area (Å²) in [5.41, 5.74) is 2.99. The Morgan fingerprint density at radius 1 is 1.08 bits per heavy atom. The molecule has 0 aliphatic carbocycles. The van der Waals surface area contributed by atoms with Gasteiger partial charge in [0.15, 0.2) is 12.4 Å². The Morgan fingerprint density at radius 3 is 2.31 bits per heavy atom. The van der Waals surface area contributed by atoms with Gasteiger partial charge in [0.25, 0.3) is 0 Å². The van der Waals surface area contributed by atoms with E-state index in [0.29, 0.717) is 0 Å². The summed E-state index contributed by atoms with van der Waals surface area (Å²) in [6, 6.07) is 2.26. The van der Waals surface area contributed by atoms with Crippen molar-refractivity contribution in [2.24, 2.45) is 0 Å². The van der Waals surface area contributed by atoms with E-state index in [1.165, 1.54) is 17.5 Å². The zero-order valence-corrected chi connectivity index (χ0v) is 9.01. The van der Waals surface area contributed by atoms with Crippen LogP contribution in [0.2, 0.25) is 0 Å². The van der Waals surface area contributed by atoms with E-state index in [4.69, 9.17) is 0 Å². The van der Waals surface area contributed by atoms with Crippen molar-refractivity contribution in [3.05, 3.63) is 29.6 Å². The van der Waals surface area contributed by atoms with E-state index >= 15 is 0 Å². The third-order valence-corrected chi connectivity index (χ3v) is 2.44. The van der Waals surface area contributed by atoms with Gasteiger partial charge in [-0.1, -0.05) is 20.8 Å². The highest BCUT2D eigenvalue weighted by Gasteiger charge is 2.05. The lowest BCUT2D eigenvalue weighted by Crippen LogP contribution is -2.33. The first-order valence-corrected chi connectivity index (χ1v) is 5.32. The van der Waals surface area contributed by atoms with Gasteiger partial charge >= 0.3 is 0 Å². The maximum atomic E-state index is 2.29. The van der Waals surface area contributed by atoms with Crippen LogP contribution < -0.4 is 4.57 Å². The summed E-state index contributed by atoms with van der Waals surface area (Å²) in [7, 11) is 0. The van der Waals surface area contributed by atoms with E-state index in [2.05, 4.69) is 43.8 Å². The molecule has 1 nitrogen and oxygen atoms in total. The van der Waals surface area contributed by atoms with Gasteiger partial charge < -0.3 is 0 Å². The molecule has 1 aromatic heterocycles. The molecular weight excluding hydrogens is 158 g/mol. The molecule has 0 fully saturated rings. The summed E-state index contributed by atoms with van der Waals surface area (Å²) < 4.78 is 2.29. The number of hydrogen-bond acceptors (Lipinski definition) is 0. The summed E-state index contributed by atoms with van der Waals surface area (Å²) in [5.74, 6) is 0. The second-order valence-corrected chi connectivity index (χ2v) is 3.44. The van der Waals surface area contributed by atoms with Crippen LogP contribution in [0.25, 0.3) is 0 Å². The molecule has 0 atom stereocenters. The largest absolute Gasteiger partial charge is 0.205 e. The summed E-state index contributed by atoms with van der Waals surface area (Å²) in [5, 5.41) is 0. The first-order chi connectivity index (χ1) is 6.31. The highest BCUT2D eigenvalue weighted by atomic mass is 14.9. The monoisotopic (exact) mass is 178 g/mol. The average Bonchev–Trinajstić information content (AvgIpc) is 2.18. The average molecular weight is 178 g/mol. The Kier molecular flexibility index (Phi) is 3.94. The fourth-order valence-electron chi connectivity index (χ4n) is 1.68. The molecule has 0 unspecified atom stereocenters. The van der Waals surface area contributed by atoms with Crippen LogP contribution in [0.3, 0.4) is 0 Å². The van der Waals surface area contributed by atoms with Gasteiger partial charge in [0, 0.05) is 18.1 Å². The zero-order valence-electron chi connectivity index (χ0n) is 9.01. The van der Waals surface area contributed by atoms with Crippen molar-refractivity contribution < 1.29 is 4.57 Å². The molecular formula is C12H20N+. The minimum atomic E-state index is 1.14. The number of hydrogen-bond donors (Lipinski definition) is 0. The Morgan fingerprint density at radius 2 is 1.77 bits per heavy atom. The third-order valence-electron chi connectivity index (χ3n) is 2.44. The van der Waals surface area contributed by atoms with E-state index in [9.17, 15) is 0 Å².